The number of sulfonamides is 1. The van der Waals surface area contributed by atoms with Crippen LogP contribution in [0.2, 0.25) is 0 Å². The molecule has 0 bridgehead atoms. The molecule has 0 aliphatic carbocycles. The largest absolute Gasteiger partial charge is 0.497 e. The lowest BCUT2D eigenvalue weighted by Crippen LogP contribution is -2.52. The topological polar surface area (TPSA) is 98.9 Å². The Kier molecular flexibility index (Phi) is 5.28. The van der Waals surface area contributed by atoms with E-state index in [0.29, 0.717) is 25.1 Å². The van der Waals surface area contributed by atoms with Crippen LogP contribution in [0.5, 0.6) is 5.75 Å². The summed E-state index contributed by atoms with van der Waals surface area (Å²) in [6.45, 7) is 0.469. The standard InChI is InChI=1S/C15H22N2O5S/c1-21-11-15(10-14(16)18)8-3-9-17(15)23(19,20)13-6-4-12(22-2)5-7-13/h4-7H,3,8-11H2,1-2H3,(H2,16,18)/t15-/m0/s1. The number of carbonyl (C=O) groups is 1. The van der Waals surface area contributed by atoms with Gasteiger partial charge in [0.25, 0.3) is 0 Å². The number of rotatable bonds is 7. The van der Waals surface area contributed by atoms with Gasteiger partial charge in [-0.1, -0.05) is 0 Å². The van der Waals surface area contributed by atoms with Crippen LogP contribution in [-0.2, 0) is 19.6 Å². The summed E-state index contributed by atoms with van der Waals surface area (Å²) >= 11 is 0. The number of primary amides is 1. The lowest BCUT2D eigenvalue weighted by molar-refractivity contribution is -0.120. The first-order valence-electron chi connectivity index (χ1n) is 7.30. The van der Waals surface area contributed by atoms with Crippen molar-refractivity contribution in [3.63, 3.8) is 0 Å². The first kappa shape index (κ1) is 17.7. The van der Waals surface area contributed by atoms with E-state index in [2.05, 4.69) is 0 Å². The fourth-order valence-electron chi connectivity index (χ4n) is 3.13. The van der Waals surface area contributed by atoms with Crippen LogP contribution < -0.4 is 10.5 Å². The van der Waals surface area contributed by atoms with Gasteiger partial charge in [0.05, 0.1) is 24.2 Å². The normalized spacial score (nSPS) is 22.2. The predicted octanol–water partition coefficient (Wildman–Crippen LogP) is 0.740. The van der Waals surface area contributed by atoms with Crippen LogP contribution in [0.4, 0.5) is 0 Å². The number of methoxy groups -OCH3 is 2. The number of hydrogen-bond donors (Lipinski definition) is 1. The van der Waals surface area contributed by atoms with E-state index < -0.39 is 21.5 Å². The van der Waals surface area contributed by atoms with E-state index in [9.17, 15) is 13.2 Å². The van der Waals surface area contributed by atoms with Gasteiger partial charge in [-0.2, -0.15) is 4.31 Å². The zero-order valence-electron chi connectivity index (χ0n) is 13.3. The molecule has 1 aromatic carbocycles. The maximum Gasteiger partial charge on any atom is 0.243 e. The molecule has 1 aromatic rings. The first-order valence-corrected chi connectivity index (χ1v) is 8.74. The van der Waals surface area contributed by atoms with Crippen LogP contribution in [0.3, 0.4) is 0 Å². The van der Waals surface area contributed by atoms with Crippen LogP contribution in [0, 0.1) is 0 Å². The zero-order valence-corrected chi connectivity index (χ0v) is 14.1. The molecular weight excluding hydrogens is 320 g/mol. The van der Waals surface area contributed by atoms with E-state index in [1.807, 2.05) is 0 Å². The van der Waals surface area contributed by atoms with Crippen molar-refractivity contribution in [2.45, 2.75) is 29.7 Å². The molecule has 2 N–H and O–H groups in total. The summed E-state index contributed by atoms with van der Waals surface area (Å²) < 4.78 is 37.6. The van der Waals surface area contributed by atoms with Crippen molar-refractivity contribution in [2.24, 2.45) is 5.73 Å². The molecule has 1 saturated heterocycles. The molecule has 2 rings (SSSR count). The second-order valence-corrected chi connectivity index (χ2v) is 7.52. The Bertz CT molecular complexity index is 659. The average Bonchev–Trinajstić information content (AvgIpc) is 2.91. The summed E-state index contributed by atoms with van der Waals surface area (Å²) in [5, 5.41) is 0. The summed E-state index contributed by atoms with van der Waals surface area (Å²) in [6, 6.07) is 6.17. The summed E-state index contributed by atoms with van der Waals surface area (Å²) in [7, 11) is -0.749. The molecule has 0 saturated carbocycles. The summed E-state index contributed by atoms with van der Waals surface area (Å²) in [5.41, 5.74) is 4.42. The molecule has 0 aromatic heterocycles. The number of nitrogens with zero attached hydrogens (tertiary/aromatic N) is 1. The number of ether oxygens (including phenoxy) is 2. The Balaban J connectivity index is 2.40. The molecule has 7 nitrogen and oxygen atoms in total. The molecule has 1 fully saturated rings. The summed E-state index contributed by atoms with van der Waals surface area (Å²) in [5.74, 6) is 0.0320. The third-order valence-electron chi connectivity index (χ3n) is 4.10. The van der Waals surface area contributed by atoms with Crippen molar-refractivity contribution in [3.8, 4) is 5.75 Å². The molecule has 23 heavy (non-hydrogen) atoms. The predicted molar refractivity (Wildman–Crippen MR) is 84.5 cm³/mol. The minimum Gasteiger partial charge on any atom is -0.497 e. The molecule has 1 aliphatic rings. The molecule has 0 spiro atoms. The maximum absolute atomic E-state index is 13.0. The van der Waals surface area contributed by atoms with Gasteiger partial charge >= 0.3 is 0 Å². The Morgan fingerprint density at radius 2 is 1.96 bits per heavy atom. The van der Waals surface area contributed by atoms with Crippen LogP contribution in [0.1, 0.15) is 19.3 Å². The van der Waals surface area contributed by atoms with Crippen molar-refractivity contribution in [3.05, 3.63) is 24.3 Å². The number of nitrogens with two attached hydrogens (primary N) is 1. The van der Waals surface area contributed by atoms with Crippen molar-refractivity contribution >= 4 is 15.9 Å². The summed E-state index contributed by atoms with van der Waals surface area (Å²) in [6.07, 6.45) is 1.14. The zero-order chi connectivity index (χ0) is 17.1. The molecule has 1 amide bonds. The molecule has 1 atom stereocenters. The van der Waals surface area contributed by atoms with Crippen LogP contribution in [0.25, 0.3) is 0 Å². The van der Waals surface area contributed by atoms with Gasteiger partial charge in [-0.15, -0.1) is 0 Å². The van der Waals surface area contributed by atoms with Crippen LogP contribution >= 0.6 is 0 Å². The van der Waals surface area contributed by atoms with Gasteiger partial charge in [0.2, 0.25) is 15.9 Å². The third kappa shape index (κ3) is 3.49. The number of benzene rings is 1. The highest BCUT2D eigenvalue weighted by molar-refractivity contribution is 7.89. The van der Waals surface area contributed by atoms with Crippen molar-refractivity contribution in [1.82, 2.24) is 4.31 Å². The Morgan fingerprint density at radius 1 is 1.30 bits per heavy atom. The van der Waals surface area contributed by atoms with E-state index >= 15 is 0 Å². The number of carbonyl (C=O) groups excluding carboxylic acids is 1. The minimum absolute atomic E-state index is 0.0593. The highest BCUT2D eigenvalue weighted by atomic mass is 32.2. The SMILES string of the molecule is COC[C@@]1(CC(N)=O)CCCN1S(=O)(=O)c1ccc(OC)cc1. The van der Waals surface area contributed by atoms with E-state index in [-0.39, 0.29) is 17.9 Å². The molecular formula is C15H22N2O5S. The monoisotopic (exact) mass is 342 g/mol. The average molecular weight is 342 g/mol. The van der Waals surface area contributed by atoms with E-state index in [0.717, 1.165) is 0 Å². The highest BCUT2D eigenvalue weighted by Crippen LogP contribution is 2.37. The lowest BCUT2D eigenvalue weighted by Gasteiger charge is -2.36. The molecule has 1 aliphatic heterocycles. The van der Waals surface area contributed by atoms with Gasteiger partial charge in [0.1, 0.15) is 5.75 Å². The van der Waals surface area contributed by atoms with Crippen molar-refractivity contribution < 1.29 is 22.7 Å². The molecule has 8 heteroatoms. The molecule has 0 radical (unpaired) electrons. The third-order valence-corrected chi connectivity index (χ3v) is 6.11. The van der Waals surface area contributed by atoms with Crippen molar-refractivity contribution in [1.29, 1.82) is 0 Å². The molecule has 128 valence electrons. The Morgan fingerprint density at radius 3 is 2.48 bits per heavy atom. The smallest absolute Gasteiger partial charge is 0.243 e. The van der Waals surface area contributed by atoms with E-state index in [4.69, 9.17) is 15.2 Å². The van der Waals surface area contributed by atoms with Gasteiger partial charge < -0.3 is 15.2 Å². The first-order chi connectivity index (χ1) is 10.9. The van der Waals surface area contributed by atoms with Gasteiger partial charge in [-0.05, 0) is 37.1 Å². The fourth-order valence-corrected chi connectivity index (χ4v) is 4.95. The second-order valence-electron chi connectivity index (χ2n) is 5.66. The van der Waals surface area contributed by atoms with Gasteiger partial charge in [0, 0.05) is 20.1 Å². The van der Waals surface area contributed by atoms with Gasteiger partial charge in [-0.3, -0.25) is 4.79 Å². The maximum atomic E-state index is 13.0. The fraction of sp³-hybridized carbons (Fsp3) is 0.533. The highest BCUT2D eigenvalue weighted by Gasteiger charge is 2.48. The van der Waals surface area contributed by atoms with Crippen molar-refractivity contribution in [2.75, 3.05) is 27.4 Å². The van der Waals surface area contributed by atoms with E-state index in [1.54, 1.807) is 12.1 Å². The lowest BCUT2D eigenvalue weighted by atomic mass is 9.94. The van der Waals surface area contributed by atoms with Gasteiger partial charge in [-0.25, -0.2) is 8.42 Å². The van der Waals surface area contributed by atoms with Gasteiger partial charge in [0.15, 0.2) is 0 Å². The Labute approximate surface area is 136 Å². The molecule has 0 unspecified atom stereocenters. The minimum atomic E-state index is -3.75. The summed E-state index contributed by atoms with van der Waals surface area (Å²) in [4.78, 5) is 11.6. The van der Waals surface area contributed by atoms with Crippen LogP contribution in [-0.4, -0.2) is 51.5 Å². The number of hydrogen-bond acceptors (Lipinski definition) is 5. The second kappa shape index (κ2) is 6.86. The Hall–Kier alpha value is -1.64. The number of amides is 1. The van der Waals surface area contributed by atoms with E-state index in [1.165, 1.54) is 30.7 Å². The molecule has 1 heterocycles. The van der Waals surface area contributed by atoms with Crippen LogP contribution in [0.15, 0.2) is 29.2 Å². The quantitative estimate of drug-likeness (QED) is 0.788.